The first-order valence-corrected chi connectivity index (χ1v) is 31.3. The van der Waals surface area contributed by atoms with Crippen LogP contribution in [0, 0.1) is 5.92 Å². The van der Waals surface area contributed by atoms with Crippen LogP contribution in [0.25, 0.3) is 32.3 Å². The molecule has 7 amide bonds. The van der Waals surface area contributed by atoms with Crippen molar-refractivity contribution in [3.63, 3.8) is 0 Å². The zero-order valence-electron chi connectivity index (χ0n) is 51.9. The summed E-state index contributed by atoms with van der Waals surface area (Å²) >= 11 is 1.31. The Hall–Kier alpha value is -7.65. The van der Waals surface area contributed by atoms with Crippen LogP contribution in [0.5, 0.6) is 17.2 Å². The predicted octanol–water partition coefficient (Wildman–Crippen LogP) is -0.471. The molecule has 0 saturated carbocycles. The molecular weight excluding hydrogens is 1290 g/mol. The minimum Gasteiger partial charge on any atom is -0.504 e. The Morgan fingerprint density at radius 2 is 1.30 bits per heavy atom. The first-order valence-electron chi connectivity index (χ1n) is 30.5. The lowest BCUT2D eigenvalue weighted by atomic mass is 9.98. The van der Waals surface area contributed by atoms with Crippen LogP contribution >= 0.6 is 36.2 Å². The van der Waals surface area contributed by atoms with Gasteiger partial charge in [-0.1, -0.05) is 72.9 Å². The van der Waals surface area contributed by atoms with Crippen LogP contribution in [0.15, 0.2) is 91.0 Å². The van der Waals surface area contributed by atoms with Gasteiger partial charge in [0.25, 0.3) is 5.91 Å². The quantitative estimate of drug-likeness (QED) is 0.0413. The third kappa shape index (κ3) is 19.1. The molecular formula is C63H83Cl2N11O17S. The fraction of sp³-hybridized carbons (Fsp3) is 0.476. The van der Waals surface area contributed by atoms with Crippen molar-refractivity contribution >= 4 is 77.5 Å². The summed E-state index contributed by atoms with van der Waals surface area (Å²) in [6.45, 7) is 4.85. The van der Waals surface area contributed by atoms with Gasteiger partial charge in [0, 0.05) is 68.1 Å². The summed E-state index contributed by atoms with van der Waals surface area (Å²) in [7, 11) is 0. The Morgan fingerprint density at radius 1 is 0.691 bits per heavy atom. The molecule has 8 rings (SSSR count). The molecule has 5 aromatic rings. The summed E-state index contributed by atoms with van der Waals surface area (Å²) in [5.41, 5.74) is 15.1. The third-order valence-corrected chi connectivity index (χ3v) is 17.1. The first-order chi connectivity index (χ1) is 44.1. The zero-order valence-corrected chi connectivity index (χ0v) is 54.4. The highest BCUT2D eigenvalue weighted by molar-refractivity contribution is 7.17. The number of amides is 7. The van der Waals surface area contributed by atoms with Crippen molar-refractivity contribution < 1.29 is 83.5 Å². The first kappa shape index (κ1) is 75.4. The molecule has 28 nitrogen and oxygen atoms in total. The number of rotatable bonds is 21. The van der Waals surface area contributed by atoms with E-state index in [9.17, 15) is 69.3 Å². The molecule has 0 unspecified atom stereocenters. The number of aliphatic hydroxyl groups excluding tert-OH is 6. The van der Waals surface area contributed by atoms with E-state index < -0.39 is 152 Å². The fourth-order valence-electron chi connectivity index (χ4n) is 11.1. The van der Waals surface area contributed by atoms with Gasteiger partial charge in [-0.25, -0.2) is 0 Å². The smallest absolute Gasteiger partial charge is 0.251 e. The lowest BCUT2D eigenvalue weighted by Crippen LogP contribution is -2.64. The van der Waals surface area contributed by atoms with E-state index in [0.717, 1.165) is 39.2 Å². The van der Waals surface area contributed by atoms with Gasteiger partial charge >= 0.3 is 0 Å². The number of halogens is 2. The van der Waals surface area contributed by atoms with Crippen molar-refractivity contribution in [1.29, 1.82) is 0 Å². The number of nitrogens with one attached hydrogen (secondary N) is 5. The normalized spacial score (nSPS) is 24.1. The van der Waals surface area contributed by atoms with E-state index >= 15 is 0 Å². The topological polar surface area (TPSA) is 433 Å². The number of carbonyl (C=O) groups excluding carboxylic acids is 7. The summed E-state index contributed by atoms with van der Waals surface area (Å²) in [6.07, 6.45) is -11.5. The second-order valence-corrected chi connectivity index (χ2v) is 24.0. The summed E-state index contributed by atoms with van der Waals surface area (Å²) in [5.74, 6) is -7.89. The summed E-state index contributed by atoms with van der Waals surface area (Å²) in [4.78, 5) is 103. The minimum absolute atomic E-state index is 0. The molecule has 0 radical (unpaired) electrons. The lowest BCUT2D eigenvalue weighted by Gasteiger charge is -2.34. The number of aromatic nitrogens is 2. The Morgan fingerprint density at radius 3 is 1.93 bits per heavy atom. The largest absolute Gasteiger partial charge is 0.504 e. The number of fused-ring (bicyclic) bond motifs is 2. The van der Waals surface area contributed by atoms with Gasteiger partial charge in [-0.05, 0) is 92.9 Å². The molecule has 94 heavy (non-hydrogen) atoms. The number of ether oxygens (including phenoxy) is 3. The second-order valence-electron chi connectivity index (χ2n) is 23.0. The van der Waals surface area contributed by atoms with E-state index in [1.54, 1.807) is 12.1 Å². The monoisotopic (exact) mass is 1370 g/mol. The Labute approximate surface area is 558 Å². The molecule has 3 saturated heterocycles. The maximum Gasteiger partial charge on any atom is 0.251 e. The average Bonchev–Trinajstić information content (AvgIpc) is 1.62. The number of aliphatic hydroxyl groups is 6. The number of carbonyl (C=O) groups is 7. The van der Waals surface area contributed by atoms with Crippen LogP contribution in [0.4, 0.5) is 0 Å². The summed E-state index contributed by atoms with van der Waals surface area (Å²) < 4.78 is 16.7. The summed E-state index contributed by atoms with van der Waals surface area (Å²) in [5, 5.41) is 101. The molecule has 3 aliphatic heterocycles. The van der Waals surface area contributed by atoms with Crippen molar-refractivity contribution in [1.82, 2.24) is 46.6 Å². The molecule has 3 fully saturated rings. The van der Waals surface area contributed by atoms with Crippen molar-refractivity contribution in [2.75, 3.05) is 59.2 Å². The van der Waals surface area contributed by atoms with Gasteiger partial charge in [0.1, 0.15) is 58.6 Å². The van der Waals surface area contributed by atoms with Gasteiger partial charge in [-0.15, -0.1) is 35.0 Å². The maximum atomic E-state index is 14.7. The fourth-order valence-corrected chi connectivity index (χ4v) is 11.9. The van der Waals surface area contributed by atoms with Crippen molar-refractivity contribution in [3.05, 3.63) is 102 Å². The number of nitrogens with zero attached hydrogens (tertiary/aromatic N) is 4. The van der Waals surface area contributed by atoms with Gasteiger partial charge in [0.2, 0.25) is 35.4 Å². The molecule has 512 valence electrons. The number of phenols is 1. The molecule has 16 N–H and O–H groups in total. The number of hydrogen-bond donors (Lipinski definition) is 14. The summed E-state index contributed by atoms with van der Waals surface area (Å²) in [6, 6.07) is 14.7. The highest BCUT2D eigenvalue weighted by Crippen LogP contribution is 2.33. The number of benzene rings is 4. The number of nitrogens with two attached hydrogens (primary N) is 2. The van der Waals surface area contributed by atoms with Crippen molar-refractivity contribution in [2.24, 2.45) is 17.4 Å². The van der Waals surface area contributed by atoms with E-state index in [0.29, 0.717) is 41.8 Å². The Kier molecular flexibility index (Phi) is 28.2. The zero-order chi connectivity index (χ0) is 66.3. The van der Waals surface area contributed by atoms with Crippen LogP contribution < -0.4 is 47.5 Å². The molecule has 4 heterocycles. The van der Waals surface area contributed by atoms with Crippen LogP contribution in [0.3, 0.4) is 0 Å². The van der Waals surface area contributed by atoms with Crippen LogP contribution in [-0.4, -0.2) is 229 Å². The average molecular weight is 1370 g/mol. The number of hydrogen-bond acceptors (Lipinski definition) is 22. The standard InChI is InChI=1S/C63H81N11O17S.2ClH/c1-4-89-24-25-90-43-17-15-37(16-18-43)36-7-11-39(12-8-36)60-71-72-61(92-60)40-13-9-38(10-14-40)55(82)67-44-28-41(76)30-66-59(86)53-54(81)33(2)31-74(53)63(88)52(47(79)20-22-65)70-58(85)51(48(80)26-35-6-19-46(78)49(27-35)91-23-5-21-64)69-57(84)45-29-42(77)32-73(45)62(87)50(34(3)75)68-56(44)83;;/h6-19,27,33-34,41-42,44-45,47-48,50-54,75-81H,4-5,20-26,28-32,64-65H2,1-3H3,(H,66,86)(H,67,82)(H,68,83)(H,69,84)(H,70,85);2*1H/t33-,34+,41+,42+,44-,45-,47+,48+,50-,51-,52-,53-,54-;;/m0../s1. The molecule has 13 atom stereocenters. The van der Waals surface area contributed by atoms with E-state index in [2.05, 4.69) is 36.8 Å². The molecule has 3 aliphatic rings. The van der Waals surface area contributed by atoms with E-state index in [-0.39, 0.29) is 80.1 Å². The third-order valence-electron chi connectivity index (χ3n) is 16.1. The molecule has 31 heteroatoms. The SMILES string of the molecule is CCOCCOc1ccc(-c2ccc(-c3nnc(-c4ccc(C(=O)N[C@H]5C[C@@H](O)CNC(=O)[C@@H]6[C@@H](O)[C@@H](C)CN6C(=O)[C@H]([C@H](O)CCN)NC(=O)[C@H]([C@H](O)Cc6ccc(O)c(OCCCN)c6)NC(=O)[C@@H]6C[C@@H](O)CN6C(=O)[C@H]([C@@H](C)O)NC5=O)cc4)s3)cc2)cc1.Cl.Cl. The van der Waals surface area contributed by atoms with Crippen molar-refractivity contribution in [3.8, 4) is 49.5 Å². The molecule has 0 aliphatic carbocycles. The Balaban J connectivity index is 0.00000700. The van der Waals surface area contributed by atoms with E-state index in [1.165, 1.54) is 48.6 Å². The van der Waals surface area contributed by atoms with Crippen LogP contribution in [0.1, 0.15) is 62.4 Å². The predicted molar refractivity (Wildman–Crippen MR) is 349 cm³/mol. The van der Waals surface area contributed by atoms with Crippen molar-refractivity contribution in [2.45, 2.75) is 126 Å². The van der Waals surface area contributed by atoms with Gasteiger partial charge in [0.05, 0.1) is 49.8 Å². The van der Waals surface area contributed by atoms with Gasteiger partial charge < -0.3 is 97.8 Å². The van der Waals surface area contributed by atoms with Gasteiger partial charge in [-0.3, -0.25) is 33.6 Å². The molecule has 4 aromatic carbocycles. The van der Waals surface area contributed by atoms with Gasteiger partial charge in [-0.2, -0.15) is 0 Å². The van der Waals surface area contributed by atoms with E-state index in [4.69, 9.17) is 25.7 Å². The van der Waals surface area contributed by atoms with Crippen LogP contribution in [0.2, 0.25) is 0 Å². The Bertz CT molecular complexity index is 3360. The highest BCUT2D eigenvalue weighted by Gasteiger charge is 2.50. The number of phenolic OH excluding ortho intramolecular Hbond substituents is 1. The van der Waals surface area contributed by atoms with Gasteiger partial charge in [0.15, 0.2) is 11.5 Å². The lowest BCUT2D eigenvalue weighted by molar-refractivity contribution is -0.147. The number of β-amino-alcohol motifs (C(OH)–C–C–N with tert-alkyl or cyclic N) is 1. The highest BCUT2D eigenvalue weighted by atomic mass is 35.5. The van der Waals surface area contributed by atoms with E-state index in [1.807, 2.05) is 55.5 Å². The molecule has 0 bridgehead atoms. The molecule has 0 spiro atoms. The second kappa shape index (κ2) is 35.2. The van der Waals surface area contributed by atoms with Crippen LogP contribution in [-0.2, 0) is 39.9 Å². The molecule has 1 aromatic heterocycles. The minimum atomic E-state index is -2.04. The number of aromatic hydroxyl groups is 1. The maximum absolute atomic E-state index is 14.7.